The summed E-state index contributed by atoms with van der Waals surface area (Å²) in [5, 5.41) is 0. The Labute approximate surface area is 57.5 Å². The summed E-state index contributed by atoms with van der Waals surface area (Å²) >= 11 is 5.06. The van der Waals surface area contributed by atoms with Crippen LogP contribution in [0, 0.1) is 0 Å². The fraction of sp³-hybridized carbons (Fsp3) is 1.00. The van der Waals surface area contributed by atoms with Crippen LogP contribution in [0.4, 0.5) is 0 Å². The maximum atomic E-state index is 5.06. The fourth-order valence-electron chi connectivity index (χ4n) is 0.303. The molecule has 0 aromatic rings. The summed E-state index contributed by atoms with van der Waals surface area (Å²) in [5.74, 6) is 0. The average molecular weight is 149 g/mol. The van der Waals surface area contributed by atoms with Gasteiger partial charge in [-0.05, 0) is 20.8 Å². The van der Waals surface area contributed by atoms with Gasteiger partial charge in [-0.25, -0.2) is 0 Å². The van der Waals surface area contributed by atoms with Crippen molar-refractivity contribution in [2.24, 2.45) is 4.74 Å². The van der Waals surface area contributed by atoms with Crippen LogP contribution in [0.1, 0.15) is 20.8 Å². The lowest BCUT2D eigenvalue weighted by molar-refractivity contribution is 1.08. The standard InChI is InChI=1S/C5H12NPS/c1-4-6-7(8)5(2)3/h5H,4H2,1-3H3. The van der Waals surface area contributed by atoms with E-state index in [1.165, 1.54) is 0 Å². The normalized spacial score (nSPS) is 12.9. The van der Waals surface area contributed by atoms with Crippen LogP contribution in [-0.2, 0) is 12.2 Å². The van der Waals surface area contributed by atoms with Crippen LogP contribution in [0.2, 0.25) is 0 Å². The summed E-state index contributed by atoms with van der Waals surface area (Å²) in [6, 6.07) is 0. The van der Waals surface area contributed by atoms with Crippen LogP contribution in [0.5, 0.6) is 0 Å². The second kappa shape index (κ2) is 4.34. The lowest BCUT2D eigenvalue weighted by Crippen LogP contribution is -1.82. The summed E-state index contributed by atoms with van der Waals surface area (Å²) < 4.78 is 4.20. The van der Waals surface area contributed by atoms with E-state index in [9.17, 15) is 0 Å². The van der Waals surface area contributed by atoms with Crippen LogP contribution >= 0.6 is 6.92 Å². The Morgan fingerprint density at radius 1 is 1.62 bits per heavy atom. The highest BCUT2D eigenvalue weighted by Gasteiger charge is 1.98. The van der Waals surface area contributed by atoms with E-state index < -0.39 is 6.92 Å². The molecular formula is C5H12NPS. The first-order valence-electron chi connectivity index (χ1n) is 2.82. The molecule has 3 heteroatoms. The maximum absolute atomic E-state index is 5.06. The molecule has 0 heterocycles. The lowest BCUT2D eigenvalue weighted by atomic mass is 10.6. The first-order valence-corrected chi connectivity index (χ1v) is 5.20. The highest BCUT2D eigenvalue weighted by atomic mass is 32.7. The molecule has 0 aromatic heterocycles. The molecule has 8 heavy (non-hydrogen) atoms. The third kappa shape index (κ3) is 3.45. The quantitative estimate of drug-likeness (QED) is 0.434. The van der Waals surface area contributed by atoms with E-state index in [0.29, 0.717) is 5.66 Å². The summed E-state index contributed by atoms with van der Waals surface area (Å²) in [4.78, 5) is 0. The Hall–Kier alpha value is 0.450. The molecule has 1 atom stereocenters. The Bertz CT molecular complexity index is 90.4. The van der Waals surface area contributed by atoms with E-state index in [1.807, 2.05) is 6.92 Å². The highest BCUT2D eigenvalue weighted by molar-refractivity contribution is 8.29. The zero-order valence-corrected chi connectivity index (χ0v) is 7.30. The minimum atomic E-state index is -0.431. The van der Waals surface area contributed by atoms with Crippen molar-refractivity contribution >= 4 is 19.2 Å². The van der Waals surface area contributed by atoms with Crippen molar-refractivity contribution in [3.8, 4) is 0 Å². The first-order chi connectivity index (χ1) is 3.68. The summed E-state index contributed by atoms with van der Waals surface area (Å²) in [6.45, 7) is 6.73. The zero-order chi connectivity index (χ0) is 6.57. The second-order valence-electron chi connectivity index (χ2n) is 1.85. The van der Waals surface area contributed by atoms with Crippen molar-refractivity contribution in [3.63, 3.8) is 0 Å². The maximum Gasteiger partial charge on any atom is 0.110 e. The Morgan fingerprint density at radius 2 is 2.12 bits per heavy atom. The van der Waals surface area contributed by atoms with Crippen molar-refractivity contribution < 1.29 is 0 Å². The molecule has 0 aromatic carbocycles. The molecule has 0 rings (SSSR count). The van der Waals surface area contributed by atoms with Gasteiger partial charge in [0, 0.05) is 0 Å². The molecule has 1 unspecified atom stereocenters. The van der Waals surface area contributed by atoms with Gasteiger partial charge in [0.2, 0.25) is 0 Å². The summed E-state index contributed by atoms with van der Waals surface area (Å²) in [7, 11) is 0. The SMILES string of the molecule is CCN=[P+]([S-])C(C)C. The van der Waals surface area contributed by atoms with Gasteiger partial charge in [0.25, 0.3) is 0 Å². The molecule has 0 bridgehead atoms. The van der Waals surface area contributed by atoms with Gasteiger partial charge in [0.15, 0.2) is 0 Å². The number of rotatable bonds is 2. The Morgan fingerprint density at radius 3 is 2.25 bits per heavy atom. The van der Waals surface area contributed by atoms with Gasteiger partial charge in [0.1, 0.15) is 5.66 Å². The largest absolute Gasteiger partial charge is 0.468 e. The van der Waals surface area contributed by atoms with Crippen molar-refractivity contribution in [3.05, 3.63) is 0 Å². The van der Waals surface area contributed by atoms with Crippen LogP contribution in [0.3, 0.4) is 0 Å². The van der Waals surface area contributed by atoms with Crippen LogP contribution in [0.15, 0.2) is 4.74 Å². The van der Waals surface area contributed by atoms with Crippen LogP contribution in [-0.4, -0.2) is 12.2 Å². The molecule has 48 valence electrons. The molecule has 0 N–H and O–H groups in total. The minimum absolute atomic E-state index is 0.431. The van der Waals surface area contributed by atoms with Gasteiger partial charge in [-0.2, -0.15) is 0 Å². The molecule has 0 aliphatic heterocycles. The summed E-state index contributed by atoms with van der Waals surface area (Å²) in [5.41, 5.74) is 0.583. The molecular weight excluding hydrogens is 137 g/mol. The Balaban J connectivity index is 3.61. The molecule has 0 radical (unpaired) electrons. The van der Waals surface area contributed by atoms with E-state index in [2.05, 4.69) is 18.6 Å². The van der Waals surface area contributed by atoms with Gasteiger partial charge in [-0.15, -0.1) is 4.74 Å². The first kappa shape index (κ1) is 8.45. The molecule has 0 amide bonds. The van der Waals surface area contributed by atoms with Gasteiger partial charge in [-0.1, -0.05) is 0 Å². The van der Waals surface area contributed by atoms with E-state index in [4.69, 9.17) is 12.2 Å². The molecule has 0 saturated carbocycles. The van der Waals surface area contributed by atoms with Gasteiger partial charge < -0.3 is 12.2 Å². The predicted octanol–water partition coefficient (Wildman–Crippen LogP) is 2.54. The predicted molar refractivity (Wildman–Crippen MR) is 42.4 cm³/mol. The number of hydrogen-bond donors (Lipinski definition) is 0. The average Bonchev–Trinajstić information content (AvgIpc) is 1.67. The van der Waals surface area contributed by atoms with Gasteiger partial charge in [-0.3, -0.25) is 0 Å². The minimum Gasteiger partial charge on any atom is -0.468 e. The van der Waals surface area contributed by atoms with Gasteiger partial charge >= 0.3 is 0 Å². The molecule has 0 fully saturated rings. The topological polar surface area (TPSA) is 12.4 Å². The summed E-state index contributed by atoms with van der Waals surface area (Å²) in [6.07, 6.45) is 0. The molecule has 0 spiro atoms. The molecule has 0 aliphatic rings. The van der Waals surface area contributed by atoms with E-state index in [-0.39, 0.29) is 0 Å². The third-order valence-corrected chi connectivity index (χ3v) is 3.78. The molecule has 0 saturated heterocycles. The Kier molecular flexibility index (Phi) is 4.58. The van der Waals surface area contributed by atoms with Crippen molar-refractivity contribution in [1.29, 1.82) is 0 Å². The van der Waals surface area contributed by atoms with E-state index in [0.717, 1.165) is 6.54 Å². The monoisotopic (exact) mass is 149 g/mol. The smallest absolute Gasteiger partial charge is 0.110 e. The van der Waals surface area contributed by atoms with Gasteiger partial charge in [0.05, 0.1) is 13.5 Å². The lowest BCUT2D eigenvalue weighted by Gasteiger charge is -1.97. The second-order valence-corrected chi connectivity index (χ2v) is 4.90. The highest BCUT2D eigenvalue weighted by Crippen LogP contribution is 2.27. The van der Waals surface area contributed by atoms with Crippen LogP contribution in [0.25, 0.3) is 0 Å². The van der Waals surface area contributed by atoms with Crippen molar-refractivity contribution in [1.82, 2.24) is 0 Å². The molecule has 1 nitrogen and oxygen atoms in total. The fourth-order valence-corrected chi connectivity index (χ4v) is 1.25. The van der Waals surface area contributed by atoms with Crippen molar-refractivity contribution in [2.75, 3.05) is 6.54 Å². The van der Waals surface area contributed by atoms with E-state index >= 15 is 0 Å². The molecule has 0 aliphatic carbocycles. The van der Waals surface area contributed by atoms with Crippen LogP contribution < -0.4 is 0 Å². The van der Waals surface area contributed by atoms with E-state index in [1.54, 1.807) is 0 Å². The zero-order valence-electron chi connectivity index (χ0n) is 5.59. The third-order valence-electron chi connectivity index (χ3n) is 0.723. The number of nitrogens with zero attached hydrogens (tertiary/aromatic N) is 1. The number of hydrogen-bond acceptors (Lipinski definition) is 2. The van der Waals surface area contributed by atoms with Crippen molar-refractivity contribution in [2.45, 2.75) is 26.4 Å².